The van der Waals surface area contributed by atoms with Crippen molar-refractivity contribution >= 4 is 0 Å². The lowest BCUT2D eigenvalue weighted by Gasteiger charge is -2.16. The number of aliphatic hydroxyl groups excluding tert-OH is 1. The van der Waals surface area contributed by atoms with Gasteiger partial charge in [0.15, 0.2) is 0 Å². The van der Waals surface area contributed by atoms with E-state index in [0.29, 0.717) is 6.61 Å². The minimum atomic E-state index is 0.372. The number of aliphatic hydroxyl groups is 1. The van der Waals surface area contributed by atoms with E-state index >= 15 is 0 Å². The highest BCUT2D eigenvalue weighted by Gasteiger charge is 2.07. The highest BCUT2D eigenvalue weighted by Crippen LogP contribution is 2.22. The van der Waals surface area contributed by atoms with Gasteiger partial charge in [-0.2, -0.15) is 0 Å². The molecule has 0 heterocycles. The molecule has 0 aliphatic rings. The van der Waals surface area contributed by atoms with E-state index in [1.54, 1.807) is 0 Å². The number of hydrogen-bond acceptors (Lipinski definition) is 1. The Morgan fingerprint density at radius 2 is 1.12 bits per heavy atom. The molecule has 0 aromatic heterocycles. The SMILES string of the molecule is CCCCCC(CCCCC)CCCCO. The monoisotopic (exact) mass is 228 g/mol. The van der Waals surface area contributed by atoms with Crippen LogP contribution in [0.25, 0.3) is 0 Å². The summed E-state index contributed by atoms with van der Waals surface area (Å²) in [7, 11) is 0. The van der Waals surface area contributed by atoms with Gasteiger partial charge in [-0.05, 0) is 12.3 Å². The van der Waals surface area contributed by atoms with Crippen LogP contribution in [0, 0.1) is 5.92 Å². The molecule has 0 aromatic carbocycles. The summed E-state index contributed by atoms with van der Waals surface area (Å²) in [6, 6.07) is 0. The summed E-state index contributed by atoms with van der Waals surface area (Å²) in [6.07, 6.45) is 14.7. The summed E-state index contributed by atoms with van der Waals surface area (Å²) >= 11 is 0. The van der Waals surface area contributed by atoms with Crippen LogP contribution >= 0.6 is 0 Å². The molecule has 0 aliphatic carbocycles. The molecule has 1 N–H and O–H groups in total. The van der Waals surface area contributed by atoms with Crippen molar-refractivity contribution in [3.63, 3.8) is 0 Å². The highest BCUT2D eigenvalue weighted by molar-refractivity contribution is 4.61. The zero-order valence-corrected chi connectivity index (χ0v) is 11.5. The van der Waals surface area contributed by atoms with Gasteiger partial charge in [-0.15, -0.1) is 0 Å². The minimum absolute atomic E-state index is 0.372. The Balaban J connectivity index is 3.58. The van der Waals surface area contributed by atoms with Gasteiger partial charge in [0.05, 0.1) is 0 Å². The molecule has 0 rings (SSSR count). The second-order valence-electron chi connectivity index (χ2n) is 5.08. The van der Waals surface area contributed by atoms with E-state index in [-0.39, 0.29) is 0 Å². The Morgan fingerprint density at radius 1 is 0.688 bits per heavy atom. The zero-order valence-electron chi connectivity index (χ0n) is 11.5. The van der Waals surface area contributed by atoms with E-state index in [1.165, 1.54) is 64.2 Å². The summed E-state index contributed by atoms with van der Waals surface area (Å²) in [5.74, 6) is 0.935. The van der Waals surface area contributed by atoms with Crippen molar-refractivity contribution in [1.82, 2.24) is 0 Å². The molecule has 1 heteroatoms. The third kappa shape index (κ3) is 10.5. The molecule has 0 saturated heterocycles. The summed E-state index contributed by atoms with van der Waals surface area (Å²) in [5, 5.41) is 8.81. The fourth-order valence-electron chi connectivity index (χ4n) is 2.34. The van der Waals surface area contributed by atoms with Crippen LogP contribution in [-0.2, 0) is 0 Å². The van der Waals surface area contributed by atoms with E-state index in [9.17, 15) is 0 Å². The van der Waals surface area contributed by atoms with Crippen LogP contribution in [0.4, 0.5) is 0 Å². The van der Waals surface area contributed by atoms with Crippen molar-refractivity contribution < 1.29 is 5.11 Å². The zero-order chi connectivity index (χ0) is 12.1. The molecule has 0 bridgehead atoms. The van der Waals surface area contributed by atoms with Gasteiger partial charge in [-0.3, -0.25) is 0 Å². The van der Waals surface area contributed by atoms with E-state index < -0.39 is 0 Å². The van der Waals surface area contributed by atoms with Crippen LogP contribution in [0.5, 0.6) is 0 Å². The lowest BCUT2D eigenvalue weighted by molar-refractivity contribution is 0.273. The Kier molecular flexibility index (Phi) is 13.0. The van der Waals surface area contributed by atoms with Crippen LogP contribution in [0.1, 0.15) is 84.5 Å². The van der Waals surface area contributed by atoms with E-state index in [0.717, 1.165) is 12.3 Å². The molecular formula is C15H32O. The maximum atomic E-state index is 8.81. The van der Waals surface area contributed by atoms with Gasteiger partial charge in [0.2, 0.25) is 0 Å². The normalized spacial score (nSPS) is 11.2. The van der Waals surface area contributed by atoms with Gasteiger partial charge >= 0.3 is 0 Å². The van der Waals surface area contributed by atoms with Gasteiger partial charge in [-0.1, -0.05) is 78.1 Å². The average Bonchev–Trinajstić information content (AvgIpc) is 2.29. The first-order valence-electron chi connectivity index (χ1n) is 7.46. The molecular weight excluding hydrogens is 196 g/mol. The summed E-state index contributed by atoms with van der Waals surface area (Å²) in [5.41, 5.74) is 0. The Bertz CT molecular complexity index is 98.8. The van der Waals surface area contributed by atoms with E-state index in [4.69, 9.17) is 5.11 Å². The maximum absolute atomic E-state index is 8.81. The van der Waals surface area contributed by atoms with Crippen LogP contribution in [0.3, 0.4) is 0 Å². The molecule has 0 aliphatic heterocycles. The third-order valence-electron chi connectivity index (χ3n) is 3.45. The van der Waals surface area contributed by atoms with Gasteiger partial charge in [0.1, 0.15) is 0 Å². The highest BCUT2D eigenvalue weighted by atomic mass is 16.2. The van der Waals surface area contributed by atoms with Crippen molar-refractivity contribution in [1.29, 1.82) is 0 Å². The molecule has 0 unspecified atom stereocenters. The number of unbranched alkanes of at least 4 members (excludes halogenated alkanes) is 5. The first-order valence-corrected chi connectivity index (χ1v) is 7.46. The largest absolute Gasteiger partial charge is 0.396 e. The van der Waals surface area contributed by atoms with Crippen molar-refractivity contribution in [2.24, 2.45) is 5.92 Å². The molecule has 0 fully saturated rings. The van der Waals surface area contributed by atoms with Crippen LogP contribution < -0.4 is 0 Å². The van der Waals surface area contributed by atoms with Crippen molar-refractivity contribution in [3.8, 4) is 0 Å². The Labute approximate surface area is 103 Å². The smallest absolute Gasteiger partial charge is 0.0431 e. The van der Waals surface area contributed by atoms with Gasteiger partial charge in [0.25, 0.3) is 0 Å². The second kappa shape index (κ2) is 13.0. The van der Waals surface area contributed by atoms with Crippen LogP contribution in [0.15, 0.2) is 0 Å². The molecule has 0 atom stereocenters. The van der Waals surface area contributed by atoms with Crippen LogP contribution in [0.2, 0.25) is 0 Å². The Hall–Kier alpha value is -0.0400. The van der Waals surface area contributed by atoms with Crippen molar-refractivity contribution in [2.75, 3.05) is 6.61 Å². The number of hydrogen-bond donors (Lipinski definition) is 1. The van der Waals surface area contributed by atoms with Gasteiger partial charge in [0, 0.05) is 6.61 Å². The van der Waals surface area contributed by atoms with Gasteiger partial charge in [-0.25, -0.2) is 0 Å². The predicted molar refractivity (Wildman–Crippen MR) is 72.7 cm³/mol. The topological polar surface area (TPSA) is 20.2 Å². The van der Waals surface area contributed by atoms with E-state index in [1.807, 2.05) is 0 Å². The lowest BCUT2D eigenvalue weighted by Crippen LogP contribution is -2.02. The van der Waals surface area contributed by atoms with Crippen LogP contribution in [-0.4, -0.2) is 11.7 Å². The van der Waals surface area contributed by atoms with Crippen molar-refractivity contribution in [3.05, 3.63) is 0 Å². The van der Waals surface area contributed by atoms with E-state index in [2.05, 4.69) is 13.8 Å². The predicted octanol–water partition coefficient (Wildman–Crippen LogP) is 4.93. The third-order valence-corrected chi connectivity index (χ3v) is 3.45. The first kappa shape index (κ1) is 16.0. The molecule has 0 radical (unpaired) electrons. The molecule has 0 aromatic rings. The maximum Gasteiger partial charge on any atom is 0.0431 e. The molecule has 98 valence electrons. The molecule has 16 heavy (non-hydrogen) atoms. The quantitative estimate of drug-likeness (QED) is 0.470. The lowest BCUT2D eigenvalue weighted by atomic mass is 9.90. The summed E-state index contributed by atoms with van der Waals surface area (Å²) in [6.45, 7) is 4.92. The molecule has 1 nitrogen and oxygen atoms in total. The Morgan fingerprint density at radius 3 is 1.50 bits per heavy atom. The fourth-order valence-corrected chi connectivity index (χ4v) is 2.34. The number of rotatable bonds is 12. The fraction of sp³-hybridized carbons (Fsp3) is 1.00. The standard InChI is InChI=1S/C15H32O/c1-3-5-7-11-15(12-8-6-4-2)13-9-10-14-16/h15-16H,3-14H2,1-2H3. The summed E-state index contributed by atoms with van der Waals surface area (Å²) in [4.78, 5) is 0. The molecule has 0 amide bonds. The molecule has 0 saturated carbocycles. The first-order chi connectivity index (χ1) is 7.85. The average molecular weight is 228 g/mol. The minimum Gasteiger partial charge on any atom is -0.396 e. The van der Waals surface area contributed by atoms with Gasteiger partial charge < -0.3 is 5.11 Å². The summed E-state index contributed by atoms with van der Waals surface area (Å²) < 4.78 is 0. The van der Waals surface area contributed by atoms with Crippen molar-refractivity contribution in [2.45, 2.75) is 84.5 Å². The molecule has 0 spiro atoms. The second-order valence-corrected chi connectivity index (χ2v) is 5.08.